The van der Waals surface area contributed by atoms with E-state index in [1.165, 1.54) is 7.11 Å². The van der Waals surface area contributed by atoms with Crippen LogP contribution in [0.15, 0.2) is 18.2 Å². The molecule has 124 valence electrons. The number of esters is 2. The van der Waals surface area contributed by atoms with Gasteiger partial charge in [-0.2, -0.15) is 0 Å². The van der Waals surface area contributed by atoms with Crippen LogP contribution in [0.5, 0.6) is 0 Å². The minimum atomic E-state index is -0.420. The van der Waals surface area contributed by atoms with E-state index in [0.717, 1.165) is 22.0 Å². The fraction of sp³-hybridized carbons (Fsp3) is 0.412. The van der Waals surface area contributed by atoms with Crippen molar-refractivity contribution in [1.82, 2.24) is 4.98 Å². The lowest BCUT2D eigenvalue weighted by molar-refractivity contribution is -0.140. The Hall–Kier alpha value is -2.34. The summed E-state index contributed by atoms with van der Waals surface area (Å²) in [7, 11) is 2.98. The third-order valence-electron chi connectivity index (χ3n) is 3.57. The quantitative estimate of drug-likeness (QED) is 0.794. The number of hydrogen-bond donors (Lipinski definition) is 1. The van der Waals surface area contributed by atoms with Gasteiger partial charge in [-0.25, -0.2) is 4.79 Å². The molecule has 0 amide bonds. The number of carbonyl (C=O) groups excluding carboxylic acids is 2. The van der Waals surface area contributed by atoms with Crippen LogP contribution in [0, 0.1) is 0 Å². The van der Waals surface area contributed by atoms with Crippen molar-refractivity contribution in [3.8, 4) is 0 Å². The van der Waals surface area contributed by atoms with E-state index in [-0.39, 0.29) is 12.4 Å². The summed E-state index contributed by atoms with van der Waals surface area (Å²) in [5, 5.41) is 0.895. The molecule has 6 heteroatoms. The Balaban J connectivity index is 2.45. The van der Waals surface area contributed by atoms with Crippen LogP contribution in [0.4, 0.5) is 0 Å². The van der Waals surface area contributed by atoms with Gasteiger partial charge >= 0.3 is 11.9 Å². The molecule has 1 heterocycles. The van der Waals surface area contributed by atoms with Crippen molar-refractivity contribution in [1.29, 1.82) is 0 Å². The van der Waals surface area contributed by atoms with Crippen molar-refractivity contribution in [3.05, 3.63) is 35.0 Å². The van der Waals surface area contributed by atoms with Gasteiger partial charge in [0.1, 0.15) is 5.69 Å². The first-order valence-electron chi connectivity index (χ1n) is 7.47. The average Bonchev–Trinajstić information content (AvgIpc) is 2.91. The molecule has 1 aromatic carbocycles. The SMILES string of the molecule is CCOC(=O)c1[nH]c2ccc(COC)cc2c1CCC(=O)OC. The molecule has 1 N–H and O–H groups in total. The normalized spacial score (nSPS) is 10.7. The first kappa shape index (κ1) is 17.0. The minimum Gasteiger partial charge on any atom is -0.469 e. The maximum absolute atomic E-state index is 12.2. The number of H-pyrrole nitrogens is 1. The van der Waals surface area contributed by atoms with Crippen LogP contribution in [0.25, 0.3) is 10.9 Å². The van der Waals surface area contributed by atoms with Gasteiger partial charge in [0.05, 0.1) is 20.3 Å². The highest BCUT2D eigenvalue weighted by molar-refractivity contribution is 5.98. The van der Waals surface area contributed by atoms with E-state index in [2.05, 4.69) is 9.72 Å². The van der Waals surface area contributed by atoms with Crippen molar-refractivity contribution >= 4 is 22.8 Å². The maximum atomic E-state index is 12.2. The monoisotopic (exact) mass is 319 g/mol. The molecule has 0 spiro atoms. The van der Waals surface area contributed by atoms with Gasteiger partial charge in [0.25, 0.3) is 0 Å². The number of carbonyl (C=O) groups is 2. The molecule has 2 aromatic rings. The maximum Gasteiger partial charge on any atom is 0.355 e. The number of ether oxygens (including phenoxy) is 3. The van der Waals surface area contributed by atoms with Crippen LogP contribution in [-0.4, -0.2) is 37.7 Å². The number of aromatic amines is 1. The molecule has 0 bridgehead atoms. The molecule has 1 aromatic heterocycles. The molecule has 0 aliphatic carbocycles. The van der Waals surface area contributed by atoms with Crippen LogP contribution >= 0.6 is 0 Å². The van der Waals surface area contributed by atoms with Gasteiger partial charge in [0.2, 0.25) is 0 Å². The molecule has 0 aliphatic rings. The van der Waals surface area contributed by atoms with Gasteiger partial charge in [-0.1, -0.05) is 6.07 Å². The van der Waals surface area contributed by atoms with E-state index in [0.29, 0.717) is 25.3 Å². The highest BCUT2D eigenvalue weighted by atomic mass is 16.5. The number of aryl methyl sites for hydroxylation is 1. The lowest BCUT2D eigenvalue weighted by Crippen LogP contribution is -2.09. The Morgan fingerprint density at radius 3 is 2.65 bits per heavy atom. The molecule has 6 nitrogen and oxygen atoms in total. The van der Waals surface area contributed by atoms with Crippen molar-refractivity contribution in [2.24, 2.45) is 0 Å². The van der Waals surface area contributed by atoms with Gasteiger partial charge in [-0.05, 0) is 36.6 Å². The van der Waals surface area contributed by atoms with Gasteiger partial charge in [-0.3, -0.25) is 4.79 Å². The number of nitrogens with one attached hydrogen (secondary N) is 1. The fourth-order valence-electron chi connectivity index (χ4n) is 2.52. The predicted molar refractivity (Wildman–Crippen MR) is 85.3 cm³/mol. The topological polar surface area (TPSA) is 77.6 Å². The number of benzene rings is 1. The predicted octanol–water partition coefficient (Wildman–Crippen LogP) is 2.60. The lowest BCUT2D eigenvalue weighted by atomic mass is 10.0. The Kier molecular flexibility index (Phi) is 5.76. The van der Waals surface area contributed by atoms with E-state index in [9.17, 15) is 9.59 Å². The molecule has 0 unspecified atom stereocenters. The number of methoxy groups -OCH3 is 2. The van der Waals surface area contributed by atoms with Crippen molar-refractivity contribution in [2.75, 3.05) is 20.8 Å². The second-order valence-corrected chi connectivity index (χ2v) is 5.09. The molecular weight excluding hydrogens is 298 g/mol. The highest BCUT2D eigenvalue weighted by Gasteiger charge is 2.20. The Bertz CT molecular complexity index is 704. The van der Waals surface area contributed by atoms with Crippen LogP contribution in [-0.2, 0) is 32.0 Å². The van der Waals surface area contributed by atoms with Crippen molar-refractivity contribution < 1.29 is 23.8 Å². The Labute approximate surface area is 134 Å². The van der Waals surface area contributed by atoms with E-state index >= 15 is 0 Å². The van der Waals surface area contributed by atoms with Gasteiger partial charge in [0, 0.05) is 24.4 Å². The molecule has 0 saturated carbocycles. The van der Waals surface area contributed by atoms with E-state index < -0.39 is 5.97 Å². The molecule has 0 saturated heterocycles. The van der Waals surface area contributed by atoms with Crippen LogP contribution in [0.1, 0.15) is 35.0 Å². The zero-order valence-corrected chi connectivity index (χ0v) is 13.6. The summed E-state index contributed by atoms with van der Waals surface area (Å²) in [6.45, 7) is 2.53. The number of rotatable bonds is 7. The molecule has 0 atom stereocenters. The Morgan fingerprint density at radius 1 is 1.22 bits per heavy atom. The summed E-state index contributed by atoms with van der Waals surface area (Å²) in [6.07, 6.45) is 0.599. The summed E-state index contributed by atoms with van der Waals surface area (Å²) < 4.78 is 14.9. The first-order valence-corrected chi connectivity index (χ1v) is 7.47. The minimum absolute atomic E-state index is 0.199. The molecule has 0 radical (unpaired) electrons. The summed E-state index contributed by atoms with van der Waals surface area (Å²) >= 11 is 0. The summed E-state index contributed by atoms with van der Waals surface area (Å²) in [5.74, 6) is -0.737. The Morgan fingerprint density at radius 2 is 2.00 bits per heavy atom. The van der Waals surface area contributed by atoms with Gasteiger partial charge in [-0.15, -0.1) is 0 Å². The largest absolute Gasteiger partial charge is 0.469 e. The van der Waals surface area contributed by atoms with Crippen LogP contribution < -0.4 is 0 Å². The van der Waals surface area contributed by atoms with Gasteiger partial charge in [0.15, 0.2) is 0 Å². The number of aromatic nitrogens is 1. The second kappa shape index (κ2) is 7.78. The summed E-state index contributed by atoms with van der Waals surface area (Å²) in [6, 6.07) is 5.79. The highest BCUT2D eigenvalue weighted by Crippen LogP contribution is 2.26. The van der Waals surface area contributed by atoms with E-state index in [1.807, 2.05) is 18.2 Å². The molecule has 0 aliphatic heterocycles. The third kappa shape index (κ3) is 3.90. The third-order valence-corrected chi connectivity index (χ3v) is 3.57. The lowest BCUT2D eigenvalue weighted by Gasteiger charge is -2.05. The summed E-state index contributed by atoms with van der Waals surface area (Å²) in [4.78, 5) is 26.7. The fourth-order valence-corrected chi connectivity index (χ4v) is 2.52. The average molecular weight is 319 g/mol. The second-order valence-electron chi connectivity index (χ2n) is 5.09. The number of fused-ring (bicyclic) bond motifs is 1. The van der Waals surface area contributed by atoms with Crippen LogP contribution in [0.3, 0.4) is 0 Å². The van der Waals surface area contributed by atoms with Crippen LogP contribution in [0.2, 0.25) is 0 Å². The number of hydrogen-bond acceptors (Lipinski definition) is 5. The van der Waals surface area contributed by atoms with Crippen molar-refractivity contribution in [3.63, 3.8) is 0 Å². The van der Waals surface area contributed by atoms with E-state index in [4.69, 9.17) is 9.47 Å². The smallest absolute Gasteiger partial charge is 0.355 e. The molecule has 2 rings (SSSR count). The van der Waals surface area contributed by atoms with Gasteiger partial charge < -0.3 is 19.2 Å². The molecular formula is C17H21NO5. The zero-order valence-electron chi connectivity index (χ0n) is 13.6. The summed E-state index contributed by atoms with van der Waals surface area (Å²) in [5.41, 5.74) is 2.98. The zero-order chi connectivity index (χ0) is 16.8. The molecule has 23 heavy (non-hydrogen) atoms. The standard InChI is InChI=1S/C17H21NO5/c1-4-23-17(20)16-12(6-8-15(19)22-3)13-9-11(10-21-2)5-7-14(13)18-16/h5,7,9,18H,4,6,8,10H2,1-3H3. The first-order chi connectivity index (χ1) is 11.1. The molecule has 0 fully saturated rings. The van der Waals surface area contributed by atoms with Crippen molar-refractivity contribution in [2.45, 2.75) is 26.4 Å². The van der Waals surface area contributed by atoms with E-state index in [1.54, 1.807) is 14.0 Å².